The second-order valence-electron chi connectivity index (χ2n) is 6.15. The van der Waals surface area contributed by atoms with Gasteiger partial charge in [0.2, 0.25) is 5.91 Å². The van der Waals surface area contributed by atoms with Crippen LogP contribution in [0.3, 0.4) is 0 Å². The topological polar surface area (TPSA) is 56.7 Å². The minimum absolute atomic E-state index is 0.0572. The Morgan fingerprint density at radius 2 is 2.12 bits per heavy atom. The van der Waals surface area contributed by atoms with Crippen LogP contribution in [-0.2, 0) is 17.8 Å². The van der Waals surface area contributed by atoms with E-state index in [2.05, 4.69) is 38.0 Å². The third-order valence-electron chi connectivity index (χ3n) is 3.99. The largest absolute Gasteiger partial charge is 0.352 e. The smallest absolute Gasteiger partial charge is 0.224 e. The van der Waals surface area contributed by atoms with Gasteiger partial charge in [0.15, 0.2) is 5.96 Å². The lowest BCUT2D eigenvalue weighted by atomic mass is 10.2. The maximum absolute atomic E-state index is 11.7. The van der Waals surface area contributed by atoms with Gasteiger partial charge in [0.25, 0.3) is 0 Å². The van der Waals surface area contributed by atoms with E-state index >= 15 is 0 Å². The summed E-state index contributed by atoms with van der Waals surface area (Å²) < 4.78 is 0. The van der Waals surface area contributed by atoms with Gasteiger partial charge in [-0.15, -0.1) is 11.3 Å². The highest BCUT2D eigenvalue weighted by molar-refractivity contribution is 7.09. The van der Waals surface area contributed by atoms with Gasteiger partial charge in [-0.25, -0.2) is 0 Å². The number of guanidine groups is 1. The Morgan fingerprint density at radius 1 is 1.27 bits per heavy atom. The maximum Gasteiger partial charge on any atom is 0.224 e. The minimum atomic E-state index is 0.0572. The zero-order valence-corrected chi connectivity index (χ0v) is 16.6. The molecule has 0 spiro atoms. The number of likely N-dealkylation sites (N-methyl/N-ethyl adjacent to an activating group) is 1. The van der Waals surface area contributed by atoms with Crippen LogP contribution in [0.4, 0.5) is 5.69 Å². The summed E-state index contributed by atoms with van der Waals surface area (Å²) in [4.78, 5) is 19.6. The Balaban J connectivity index is 1.86. The summed E-state index contributed by atoms with van der Waals surface area (Å²) in [6, 6.07) is 12.2. The summed E-state index contributed by atoms with van der Waals surface area (Å²) in [5, 5.41) is 8.43. The van der Waals surface area contributed by atoms with E-state index in [-0.39, 0.29) is 5.91 Å². The number of anilines is 1. The predicted octanol–water partition coefficient (Wildman–Crippen LogP) is 3.74. The fourth-order valence-corrected chi connectivity index (χ4v) is 3.31. The van der Waals surface area contributed by atoms with E-state index in [1.165, 1.54) is 4.88 Å². The van der Waals surface area contributed by atoms with Crippen LogP contribution in [0, 0.1) is 0 Å². The van der Waals surface area contributed by atoms with Gasteiger partial charge in [0, 0.05) is 44.2 Å². The molecule has 1 aromatic carbocycles. The number of benzene rings is 1. The summed E-state index contributed by atoms with van der Waals surface area (Å²) in [5.41, 5.74) is 1.94. The normalized spacial score (nSPS) is 11.3. The number of carbonyl (C=O) groups excluding carboxylic acids is 1. The first-order chi connectivity index (χ1) is 12.6. The highest BCUT2D eigenvalue weighted by Crippen LogP contribution is 2.12. The Morgan fingerprint density at radius 3 is 2.81 bits per heavy atom. The summed E-state index contributed by atoms with van der Waals surface area (Å²) in [7, 11) is 3.84. The van der Waals surface area contributed by atoms with Crippen molar-refractivity contribution in [3.8, 4) is 0 Å². The number of nitrogens with zero attached hydrogens (tertiary/aromatic N) is 2. The standard InChI is InChI=1S/C20H28N4OS/c1-4-7-19(25)23-17-9-5-8-16(14-17)15-22-20(21-2)24(3)12-11-18-10-6-13-26-18/h5-6,8-10,13-14H,4,7,11-12,15H2,1-3H3,(H,21,22)(H,23,25). The third-order valence-corrected chi connectivity index (χ3v) is 4.92. The number of hydrogen-bond donors (Lipinski definition) is 2. The van der Waals surface area contributed by atoms with Crippen LogP contribution >= 0.6 is 11.3 Å². The SMILES string of the molecule is CCCC(=O)Nc1cccc(CNC(=NC)N(C)CCc2cccs2)c1. The van der Waals surface area contributed by atoms with E-state index in [1.54, 1.807) is 18.4 Å². The van der Waals surface area contributed by atoms with Gasteiger partial charge in [0.1, 0.15) is 0 Å². The molecule has 0 bridgehead atoms. The Labute approximate surface area is 160 Å². The van der Waals surface area contributed by atoms with Crippen LogP contribution in [-0.4, -0.2) is 37.4 Å². The van der Waals surface area contributed by atoms with Gasteiger partial charge in [0.05, 0.1) is 0 Å². The molecular formula is C20H28N4OS. The van der Waals surface area contributed by atoms with Gasteiger partial charge in [-0.1, -0.05) is 25.1 Å². The van der Waals surface area contributed by atoms with Crippen molar-refractivity contribution < 1.29 is 4.79 Å². The third kappa shape index (κ3) is 6.52. The maximum atomic E-state index is 11.7. The lowest BCUT2D eigenvalue weighted by molar-refractivity contribution is -0.116. The zero-order chi connectivity index (χ0) is 18.8. The molecule has 0 radical (unpaired) electrons. The first kappa shape index (κ1) is 20.0. The zero-order valence-electron chi connectivity index (χ0n) is 15.8. The van der Waals surface area contributed by atoms with Crippen molar-refractivity contribution in [3.05, 3.63) is 52.2 Å². The molecule has 0 aliphatic heterocycles. The van der Waals surface area contributed by atoms with Crippen molar-refractivity contribution in [2.24, 2.45) is 4.99 Å². The van der Waals surface area contributed by atoms with Crippen molar-refractivity contribution in [2.75, 3.05) is 26.0 Å². The molecule has 1 heterocycles. The number of carbonyl (C=O) groups is 1. The van der Waals surface area contributed by atoms with E-state index in [1.807, 2.05) is 38.2 Å². The molecule has 2 rings (SSSR count). The van der Waals surface area contributed by atoms with Gasteiger partial charge in [-0.05, 0) is 42.0 Å². The average Bonchev–Trinajstić information content (AvgIpc) is 3.14. The number of amides is 1. The molecule has 2 aromatic rings. The number of thiophene rings is 1. The van der Waals surface area contributed by atoms with Crippen LogP contribution in [0.2, 0.25) is 0 Å². The monoisotopic (exact) mass is 372 g/mol. The predicted molar refractivity (Wildman–Crippen MR) is 111 cm³/mol. The second kappa shape index (κ2) is 10.6. The summed E-state index contributed by atoms with van der Waals surface area (Å²) in [6.45, 7) is 3.57. The highest BCUT2D eigenvalue weighted by Gasteiger charge is 2.07. The summed E-state index contributed by atoms with van der Waals surface area (Å²) >= 11 is 1.78. The number of rotatable bonds is 8. The molecule has 6 heteroatoms. The van der Waals surface area contributed by atoms with Gasteiger partial charge in [-0.2, -0.15) is 0 Å². The lowest BCUT2D eigenvalue weighted by Gasteiger charge is -2.22. The first-order valence-electron chi connectivity index (χ1n) is 8.95. The average molecular weight is 373 g/mol. The lowest BCUT2D eigenvalue weighted by Crippen LogP contribution is -2.39. The molecule has 0 saturated heterocycles. The van der Waals surface area contributed by atoms with E-state index in [9.17, 15) is 4.79 Å². The molecule has 0 aliphatic carbocycles. The van der Waals surface area contributed by atoms with Crippen molar-refractivity contribution in [1.82, 2.24) is 10.2 Å². The van der Waals surface area contributed by atoms with Gasteiger partial charge < -0.3 is 15.5 Å². The van der Waals surface area contributed by atoms with E-state index in [0.717, 1.165) is 36.6 Å². The van der Waals surface area contributed by atoms with E-state index < -0.39 is 0 Å². The molecule has 5 nitrogen and oxygen atoms in total. The summed E-state index contributed by atoms with van der Waals surface area (Å²) in [6.07, 6.45) is 2.40. The second-order valence-corrected chi connectivity index (χ2v) is 7.18. The molecule has 0 aliphatic rings. The quantitative estimate of drug-likeness (QED) is 0.548. The van der Waals surface area contributed by atoms with Gasteiger partial charge >= 0.3 is 0 Å². The Bertz CT molecular complexity index is 712. The van der Waals surface area contributed by atoms with Crippen LogP contribution in [0.5, 0.6) is 0 Å². The number of hydrogen-bond acceptors (Lipinski definition) is 3. The first-order valence-corrected chi connectivity index (χ1v) is 9.83. The molecule has 0 unspecified atom stereocenters. The fraction of sp³-hybridized carbons (Fsp3) is 0.400. The van der Waals surface area contributed by atoms with Crippen molar-refractivity contribution >= 4 is 28.9 Å². The molecule has 1 aromatic heterocycles. The van der Waals surface area contributed by atoms with Gasteiger partial charge in [-0.3, -0.25) is 9.79 Å². The van der Waals surface area contributed by atoms with Crippen molar-refractivity contribution in [1.29, 1.82) is 0 Å². The van der Waals surface area contributed by atoms with Crippen LogP contribution < -0.4 is 10.6 Å². The molecule has 0 saturated carbocycles. The fourth-order valence-electron chi connectivity index (χ4n) is 2.61. The molecule has 0 atom stereocenters. The van der Waals surface area contributed by atoms with Crippen LogP contribution in [0.15, 0.2) is 46.8 Å². The summed E-state index contributed by atoms with van der Waals surface area (Å²) in [5.74, 6) is 0.920. The Hall–Kier alpha value is -2.34. The van der Waals surface area contributed by atoms with Crippen molar-refractivity contribution in [2.45, 2.75) is 32.7 Å². The van der Waals surface area contributed by atoms with E-state index in [0.29, 0.717) is 13.0 Å². The number of aliphatic imine (C=N–C) groups is 1. The minimum Gasteiger partial charge on any atom is -0.352 e. The Kier molecular flexibility index (Phi) is 8.15. The molecule has 0 fully saturated rings. The number of nitrogens with one attached hydrogen (secondary N) is 2. The molecule has 26 heavy (non-hydrogen) atoms. The highest BCUT2D eigenvalue weighted by atomic mass is 32.1. The molecule has 1 amide bonds. The molecule has 2 N–H and O–H groups in total. The van der Waals surface area contributed by atoms with Crippen LogP contribution in [0.1, 0.15) is 30.2 Å². The van der Waals surface area contributed by atoms with Crippen molar-refractivity contribution in [3.63, 3.8) is 0 Å². The molecule has 140 valence electrons. The van der Waals surface area contributed by atoms with Crippen LogP contribution in [0.25, 0.3) is 0 Å². The van der Waals surface area contributed by atoms with E-state index in [4.69, 9.17) is 0 Å². The molecular weight excluding hydrogens is 344 g/mol.